The van der Waals surface area contributed by atoms with Gasteiger partial charge in [0, 0.05) is 29.9 Å². The number of hydrogen-bond donors (Lipinski definition) is 2. The van der Waals surface area contributed by atoms with Crippen molar-refractivity contribution < 1.29 is 9.69 Å². The van der Waals surface area contributed by atoms with E-state index in [4.69, 9.17) is 0 Å². The number of carbonyl (C=O) groups is 1. The van der Waals surface area contributed by atoms with Crippen molar-refractivity contribution in [1.29, 1.82) is 0 Å². The number of nitrogens with one attached hydrogen (secondary N) is 2. The van der Waals surface area contributed by atoms with Gasteiger partial charge in [-0.3, -0.25) is 9.59 Å². The van der Waals surface area contributed by atoms with Gasteiger partial charge in [0.25, 0.3) is 11.5 Å². The molecule has 7 nitrogen and oxygen atoms in total. The first-order valence-corrected chi connectivity index (χ1v) is 8.76. The van der Waals surface area contributed by atoms with Crippen LogP contribution in [0.4, 0.5) is 0 Å². The Hall–Kier alpha value is -2.58. The number of aromatic nitrogens is 3. The van der Waals surface area contributed by atoms with Crippen molar-refractivity contribution in [3.05, 3.63) is 62.5 Å². The van der Waals surface area contributed by atoms with Crippen LogP contribution in [-0.2, 0) is 13.1 Å². The topological polar surface area (TPSA) is 80.8 Å². The van der Waals surface area contributed by atoms with Crippen LogP contribution in [0.25, 0.3) is 4.96 Å². The first kappa shape index (κ1) is 17.2. The minimum Gasteiger partial charge on any atom is -0.355 e. The first-order valence-electron chi connectivity index (χ1n) is 7.95. The Bertz CT molecular complexity index is 961. The molecule has 1 unspecified atom stereocenters. The molecule has 0 fully saturated rings. The summed E-state index contributed by atoms with van der Waals surface area (Å²) >= 11 is 1.44. The van der Waals surface area contributed by atoms with Gasteiger partial charge in [0.15, 0.2) is 5.01 Å². The van der Waals surface area contributed by atoms with Crippen molar-refractivity contribution in [3.63, 3.8) is 0 Å². The van der Waals surface area contributed by atoms with Crippen molar-refractivity contribution >= 4 is 22.2 Å². The lowest BCUT2D eigenvalue weighted by Crippen LogP contribution is -3.06. The molecule has 2 heterocycles. The highest BCUT2D eigenvalue weighted by Crippen LogP contribution is 2.10. The zero-order chi connectivity index (χ0) is 18.0. The van der Waals surface area contributed by atoms with Gasteiger partial charge < -0.3 is 10.2 Å². The summed E-state index contributed by atoms with van der Waals surface area (Å²) in [6, 6.07) is 9.06. The van der Waals surface area contributed by atoms with Crippen LogP contribution in [0.2, 0.25) is 0 Å². The number of nitrogens with zero attached hydrogens (tertiary/aromatic N) is 3. The SMILES string of the molecule is CNC(=O)c1ccc(C[NH+](C)Cc2nn3c(=O)cc(C)nc3s2)cc1. The van der Waals surface area contributed by atoms with Gasteiger partial charge in [-0.25, -0.2) is 4.98 Å². The molecule has 1 atom stereocenters. The molecular weight excluding hydrogens is 338 g/mol. The molecular formula is C17H20N5O2S+. The lowest BCUT2D eigenvalue weighted by atomic mass is 10.1. The summed E-state index contributed by atoms with van der Waals surface area (Å²) in [5.74, 6) is -0.0880. The lowest BCUT2D eigenvalue weighted by Gasteiger charge is -2.12. The highest BCUT2D eigenvalue weighted by atomic mass is 32.1. The summed E-state index contributed by atoms with van der Waals surface area (Å²) in [6.45, 7) is 3.30. The molecule has 0 bridgehead atoms. The predicted molar refractivity (Wildman–Crippen MR) is 96.0 cm³/mol. The molecule has 3 aromatic rings. The van der Waals surface area contributed by atoms with Crippen molar-refractivity contribution in [1.82, 2.24) is 19.9 Å². The fourth-order valence-electron chi connectivity index (χ4n) is 2.62. The normalized spacial score (nSPS) is 12.3. The molecule has 3 rings (SSSR count). The molecule has 1 aromatic carbocycles. The van der Waals surface area contributed by atoms with E-state index in [-0.39, 0.29) is 11.5 Å². The summed E-state index contributed by atoms with van der Waals surface area (Å²) in [5, 5.41) is 7.85. The molecule has 0 saturated carbocycles. The molecule has 2 aromatic heterocycles. The third-order valence-electron chi connectivity index (χ3n) is 3.82. The molecule has 1 amide bonds. The molecule has 0 spiro atoms. The summed E-state index contributed by atoms with van der Waals surface area (Å²) in [4.78, 5) is 29.7. The van der Waals surface area contributed by atoms with Crippen LogP contribution >= 0.6 is 11.3 Å². The largest absolute Gasteiger partial charge is 0.355 e. The van der Waals surface area contributed by atoms with Gasteiger partial charge in [-0.15, -0.1) is 0 Å². The highest BCUT2D eigenvalue weighted by molar-refractivity contribution is 7.16. The standard InChI is InChI=1S/C17H19N5O2S/c1-11-8-15(23)22-17(19-11)25-14(20-22)10-21(3)9-12-4-6-13(7-5-12)16(24)18-2/h4-8H,9-10H2,1-3H3,(H,18,24)/p+1. The summed E-state index contributed by atoms with van der Waals surface area (Å²) in [7, 11) is 3.69. The van der Waals surface area contributed by atoms with Crippen molar-refractivity contribution in [2.45, 2.75) is 20.0 Å². The maximum atomic E-state index is 11.9. The molecule has 8 heteroatoms. The van der Waals surface area contributed by atoms with E-state index in [2.05, 4.69) is 22.4 Å². The Morgan fingerprint density at radius 2 is 2.00 bits per heavy atom. The fourth-order valence-corrected chi connectivity index (χ4v) is 3.68. The number of rotatable bonds is 5. The Morgan fingerprint density at radius 1 is 1.28 bits per heavy atom. The van der Waals surface area contributed by atoms with E-state index in [1.807, 2.05) is 24.3 Å². The average molecular weight is 358 g/mol. The van der Waals surface area contributed by atoms with E-state index in [9.17, 15) is 9.59 Å². The maximum absolute atomic E-state index is 11.9. The molecule has 130 valence electrons. The van der Waals surface area contributed by atoms with E-state index in [1.165, 1.54) is 26.8 Å². The van der Waals surface area contributed by atoms with Crippen LogP contribution in [0.15, 0.2) is 35.1 Å². The smallest absolute Gasteiger partial charge is 0.275 e. The molecule has 0 saturated heterocycles. The van der Waals surface area contributed by atoms with Gasteiger partial charge in [-0.2, -0.15) is 9.61 Å². The van der Waals surface area contributed by atoms with Crippen LogP contribution in [0.1, 0.15) is 26.6 Å². The summed E-state index contributed by atoms with van der Waals surface area (Å²) in [6.07, 6.45) is 0. The zero-order valence-corrected chi connectivity index (χ0v) is 15.2. The van der Waals surface area contributed by atoms with Crippen LogP contribution < -0.4 is 15.8 Å². The minimum atomic E-state index is -0.146. The van der Waals surface area contributed by atoms with E-state index >= 15 is 0 Å². The number of quaternary nitrogens is 1. The van der Waals surface area contributed by atoms with Gasteiger partial charge in [-0.05, 0) is 19.1 Å². The molecule has 0 aliphatic rings. The second-order valence-electron chi connectivity index (χ2n) is 6.01. The number of hydrogen-bond acceptors (Lipinski definition) is 5. The highest BCUT2D eigenvalue weighted by Gasteiger charge is 2.13. The number of amides is 1. The van der Waals surface area contributed by atoms with Crippen molar-refractivity contribution in [3.8, 4) is 0 Å². The van der Waals surface area contributed by atoms with Crippen molar-refractivity contribution in [2.24, 2.45) is 0 Å². The third kappa shape index (κ3) is 3.92. The molecule has 25 heavy (non-hydrogen) atoms. The van der Waals surface area contributed by atoms with E-state index in [0.29, 0.717) is 22.8 Å². The fraction of sp³-hybridized carbons (Fsp3) is 0.294. The molecule has 2 N–H and O–H groups in total. The molecule has 0 aliphatic heterocycles. The number of aryl methyl sites for hydroxylation is 1. The van der Waals surface area contributed by atoms with Gasteiger partial charge in [-0.1, -0.05) is 23.5 Å². The zero-order valence-electron chi connectivity index (χ0n) is 14.4. The lowest BCUT2D eigenvalue weighted by molar-refractivity contribution is -0.907. The Morgan fingerprint density at radius 3 is 2.68 bits per heavy atom. The maximum Gasteiger partial charge on any atom is 0.275 e. The molecule has 0 radical (unpaired) electrons. The van der Waals surface area contributed by atoms with Crippen molar-refractivity contribution in [2.75, 3.05) is 14.1 Å². The summed E-state index contributed by atoms with van der Waals surface area (Å²) < 4.78 is 1.36. The number of carbonyl (C=O) groups excluding carboxylic acids is 1. The van der Waals surface area contributed by atoms with E-state index < -0.39 is 0 Å². The van der Waals surface area contributed by atoms with Gasteiger partial charge in [0.05, 0.1) is 7.05 Å². The van der Waals surface area contributed by atoms with Gasteiger partial charge in [0.1, 0.15) is 13.1 Å². The molecule has 0 aliphatic carbocycles. The average Bonchev–Trinajstić information content (AvgIpc) is 2.97. The van der Waals surface area contributed by atoms with Crippen LogP contribution in [0.3, 0.4) is 0 Å². The Kier molecular flexibility index (Phi) is 4.91. The van der Waals surface area contributed by atoms with E-state index in [1.54, 1.807) is 14.0 Å². The summed E-state index contributed by atoms with van der Waals surface area (Å²) in [5.41, 5.74) is 2.35. The minimum absolute atomic E-state index is 0.0880. The number of benzene rings is 1. The Balaban J connectivity index is 1.70. The third-order valence-corrected chi connectivity index (χ3v) is 4.73. The monoisotopic (exact) mass is 358 g/mol. The quantitative estimate of drug-likeness (QED) is 0.675. The van der Waals surface area contributed by atoms with Crippen LogP contribution in [0, 0.1) is 6.92 Å². The van der Waals surface area contributed by atoms with Gasteiger partial charge in [0.2, 0.25) is 4.96 Å². The first-order chi connectivity index (χ1) is 12.0. The Labute approximate surface area is 148 Å². The number of fused-ring (bicyclic) bond motifs is 1. The van der Waals surface area contributed by atoms with E-state index in [0.717, 1.165) is 17.1 Å². The van der Waals surface area contributed by atoms with Crippen LogP contribution in [-0.4, -0.2) is 34.6 Å². The second-order valence-corrected chi connectivity index (χ2v) is 7.05. The van der Waals surface area contributed by atoms with Gasteiger partial charge >= 0.3 is 0 Å². The predicted octanol–water partition coefficient (Wildman–Crippen LogP) is 0.0339. The second kappa shape index (κ2) is 7.12. The van der Waals surface area contributed by atoms with Crippen LogP contribution in [0.5, 0.6) is 0 Å².